The average molecular weight is 277 g/mol. The van der Waals surface area contributed by atoms with Crippen LogP contribution in [0.2, 0.25) is 0 Å². The number of benzene rings is 1. The minimum atomic E-state index is -0.0855. The molecule has 0 aliphatic heterocycles. The lowest BCUT2D eigenvalue weighted by Gasteiger charge is -2.20. The second-order valence-corrected chi connectivity index (χ2v) is 4.99. The van der Waals surface area contributed by atoms with Gasteiger partial charge in [-0.15, -0.1) is 0 Å². The Hall–Kier alpha value is -2.04. The lowest BCUT2D eigenvalue weighted by molar-refractivity contribution is -0.120. The van der Waals surface area contributed by atoms with E-state index in [1.165, 1.54) is 0 Å². The van der Waals surface area contributed by atoms with Crippen molar-refractivity contribution in [1.29, 1.82) is 0 Å². The van der Waals surface area contributed by atoms with Crippen LogP contribution in [0.4, 0.5) is 5.69 Å². The molecule has 0 heterocycles. The van der Waals surface area contributed by atoms with Gasteiger partial charge < -0.3 is 15.5 Å². The molecule has 0 unspecified atom stereocenters. The minimum absolute atomic E-state index is 0.0711. The van der Waals surface area contributed by atoms with Gasteiger partial charge in [-0.05, 0) is 26.0 Å². The number of hydrogen-bond acceptors (Lipinski definition) is 3. The zero-order valence-electron chi connectivity index (χ0n) is 12.6. The summed E-state index contributed by atoms with van der Waals surface area (Å²) in [5, 5.41) is 5.81. The van der Waals surface area contributed by atoms with Gasteiger partial charge in [-0.1, -0.05) is 12.1 Å². The number of para-hydroxylation sites is 1. The first-order chi connectivity index (χ1) is 9.45. The molecule has 1 rings (SSSR count). The molecule has 2 amide bonds. The molecule has 0 spiro atoms. The van der Waals surface area contributed by atoms with Crippen LogP contribution in [0.1, 0.15) is 30.6 Å². The van der Waals surface area contributed by atoms with Crippen molar-refractivity contribution in [2.24, 2.45) is 0 Å². The first-order valence-electron chi connectivity index (χ1n) is 6.77. The number of anilines is 1. The van der Waals surface area contributed by atoms with Gasteiger partial charge in [-0.25, -0.2) is 0 Å². The molecule has 5 heteroatoms. The third kappa shape index (κ3) is 4.57. The molecular formula is C15H23N3O2. The molecule has 5 nitrogen and oxygen atoms in total. The van der Waals surface area contributed by atoms with E-state index in [2.05, 4.69) is 10.6 Å². The topological polar surface area (TPSA) is 61.4 Å². The summed E-state index contributed by atoms with van der Waals surface area (Å²) in [7, 11) is 3.30. The maximum Gasteiger partial charge on any atom is 0.255 e. The Labute approximate surface area is 120 Å². The van der Waals surface area contributed by atoms with Crippen molar-refractivity contribution in [2.75, 3.05) is 26.0 Å². The predicted octanol–water partition coefficient (Wildman–Crippen LogP) is 1.71. The summed E-state index contributed by atoms with van der Waals surface area (Å²) >= 11 is 0. The number of nitrogens with one attached hydrogen (secondary N) is 2. The van der Waals surface area contributed by atoms with E-state index >= 15 is 0 Å². The number of amides is 2. The fourth-order valence-electron chi connectivity index (χ4n) is 1.81. The Morgan fingerprint density at radius 1 is 1.25 bits per heavy atom. The van der Waals surface area contributed by atoms with Crippen LogP contribution in [0.15, 0.2) is 24.3 Å². The van der Waals surface area contributed by atoms with Crippen molar-refractivity contribution in [3.8, 4) is 0 Å². The summed E-state index contributed by atoms with van der Waals surface area (Å²) in [6.07, 6.45) is 0.304. The third-order valence-corrected chi connectivity index (χ3v) is 2.90. The molecule has 0 aliphatic rings. The molecule has 110 valence electrons. The van der Waals surface area contributed by atoms with E-state index in [4.69, 9.17) is 0 Å². The van der Waals surface area contributed by atoms with Crippen LogP contribution in [0.5, 0.6) is 0 Å². The highest BCUT2D eigenvalue weighted by atomic mass is 16.2. The molecule has 2 N–H and O–H groups in total. The first-order valence-corrected chi connectivity index (χ1v) is 6.77. The quantitative estimate of drug-likeness (QED) is 0.832. The molecule has 0 saturated carbocycles. The van der Waals surface area contributed by atoms with E-state index in [1.807, 2.05) is 32.0 Å². The number of nitrogens with zero attached hydrogens (tertiary/aromatic N) is 1. The molecule has 0 aromatic heterocycles. The first kappa shape index (κ1) is 16.0. The summed E-state index contributed by atoms with van der Waals surface area (Å²) in [6, 6.07) is 7.67. The number of carbonyl (C=O) groups is 2. The van der Waals surface area contributed by atoms with Crippen molar-refractivity contribution in [3.63, 3.8) is 0 Å². The second kappa shape index (κ2) is 7.53. The van der Waals surface area contributed by atoms with E-state index in [1.54, 1.807) is 25.1 Å². The van der Waals surface area contributed by atoms with Crippen LogP contribution in [0, 0.1) is 0 Å². The van der Waals surface area contributed by atoms with Gasteiger partial charge in [0.2, 0.25) is 5.91 Å². The molecule has 1 aromatic carbocycles. The van der Waals surface area contributed by atoms with Gasteiger partial charge in [0.15, 0.2) is 0 Å². The van der Waals surface area contributed by atoms with Gasteiger partial charge >= 0.3 is 0 Å². The average Bonchev–Trinajstić information content (AvgIpc) is 2.43. The molecule has 0 bridgehead atoms. The number of rotatable bonds is 6. The SMILES string of the molecule is CNC(=O)CCN(C)C(=O)c1ccccc1NC(C)C. The molecule has 0 radical (unpaired) electrons. The molecule has 20 heavy (non-hydrogen) atoms. The summed E-state index contributed by atoms with van der Waals surface area (Å²) < 4.78 is 0. The molecule has 1 aromatic rings. The van der Waals surface area contributed by atoms with Crippen LogP contribution < -0.4 is 10.6 Å². The Kier molecular flexibility index (Phi) is 6.03. The fraction of sp³-hybridized carbons (Fsp3) is 0.467. The summed E-state index contributed by atoms with van der Waals surface area (Å²) in [4.78, 5) is 25.2. The highest BCUT2D eigenvalue weighted by Crippen LogP contribution is 2.17. The molecule has 0 fully saturated rings. The molecule has 0 saturated heterocycles. The highest BCUT2D eigenvalue weighted by Gasteiger charge is 2.16. The van der Waals surface area contributed by atoms with E-state index in [9.17, 15) is 9.59 Å². The van der Waals surface area contributed by atoms with Crippen molar-refractivity contribution in [3.05, 3.63) is 29.8 Å². The van der Waals surface area contributed by atoms with Crippen molar-refractivity contribution in [1.82, 2.24) is 10.2 Å². The van der Waals surface area contributed by atoms with Crippen molar-refractivity contribution >= 4 is 17.5 Å². The van der Waals surface area contributed by atoms with Crippen LogP contribution in [0.25, 0.3) is 0 Å². The van der Waals surface area contributed by atoms with E-state index in [0.717, 1.165) is 5.69 Å². The minimum Gasteiger partial charge on any atom is -0.382 e. The summed E-state index contributed by atoms with van der Waals surface area (Å²) in [5.74, 6) is -0.157. The highest BCUT2D eigenvalue weighted by molar-refractivity contribution is 5.99. The maximum absolute atomic E-state index is 12.4. The fourth-order valence-corrected chi connectivity index (χ4v) is 1.81. The van der Waals surface area contributed by atoms with Gasteiger partial charge in [0.05, 0.1) is 5.56 Å². The lowest BCUT2D eigenvalue weighted by Crippen LogP contribution is -2.32. The summed E-state index contributed by atoms with van der Waals surface area (Å²) in [5.41, 5.74) is 1.44. The zero-order chi connectivity index (χ0) is 15.1. The Morgan fingerprint density at radius 2 is 1.90 bits per heavy atom. The molecule has 0 atom stereocenters. The smallest absolute Gasteiger partial charge is 0.255 e. The predicted molar refractivity (Wildman–Crippen MR) is 80.8 cm³/mol. The van der Waals surface area contributed by atoms with Gasteiger partial charge in [-0.2, -0.15) is 0 Å². The Balaban J connectivity index is 2.78. The largest absolute Gasteiger partial charge is 0.382 e. The van der Waals surface area contributed by atoms with E-state index in [0.29, 0.717) is 18.5 Å². The lowest BCUT2D eigenvalue weighted by atomic mass is 10.1. The van der Waals surface area contributed by atoms with E-state index < -0.39 is 0 Å². The number of hydrogen-bond donors (Lipinski definition) is 2. The van der Waals surface area contributed by atoms with Gasteiger partial charge in [0, 0.05) is 38.8 Å². The Bertz CT molecular complexity index is 472. The second-order valence-electron chi connectivity index (χ2n) is 4.99. The van der Waals surface area contributed by atoms with Crippen LogP contribution in [-0.4, -0.2) is 43.4 Å². The van der Waals surface area contributed by atoms with Crippen LogP contribution >= 0.6 is 0 Å². The molecular weight excluding hydrogens is 254 g/mol. The van der Waals surface area contributed by atoms with Crippen molar-refractivity contribution in [2.45, 2.75) is 26.3 Å². The third-order valence-electron chi connectivity index (χ3n) is 2.90. The van der Waals surface area contributed by atoms with E-state index in [-0.39, 0.29) is 17.9 Å². The van der Waals surface area contributed by atoms with Gasteiger partial charge in [0.1, 0.15) is 0 Å². The summed E-state index contributed by atoms with van der Waals surface area (Å²) in [6.45, 7) is 4.45. The molecule has 0 aliphatic carbocycles. The standard InChI is InChI=1S/C15H23N3O2/c1-11(2)17-13-8-6-5-7-12(13)15(20)18(4)10-9-14(19)16-3/h5-8,11,17H,9-10H2,1-4H3,(H,16,19). The zero-order valence-corrected chi connectivity index (χ0v) is 12.6. The monoisotopic (exact) mass is 277 g/mol. The normalized spacial score (nSPS) is 10.2. The Morgan fingerprint density at radius 3 is 2.50 bits per heavy atom. The van der Waals surface area contributed by atoms with Crippen LogP contribution in [-0.2, 0) is 4.79 Å². The van der Waals surface area contributed by atoms with Crippen molar-refractivity contribution < 1.29 is 9.59 Å². The number of carbonyl (C=O) groups excluding carboxylic acids is 2. The van der Waals surface area contributed by atoms with Crippen LogP contribution in [0.3, 0.4) is 0 Å². The van der Waals surface area contributed by atoms with Gasteiger partial charge in [-0.3, -0.25) is 9.59 Å². The van der Waals surface area contributed by atoms with Gasteiger partial charge in [0.25, 0.3) is 5.91 Å². The maximum atomic E-state index is 12.4.